The molecule has 0 radical (unpaired) electrons. The zero-order valence-corrected chi connectivity index (χ0v) is 14.1. The fraction of sp³-hybridized carbons (Fsp3) is 0.647. The zero-order chi connectivity index (χ0) is 15.2. The fourth-order valence-corrected chi connectivity index (χ4v) is 3.08. The van der Waals surface area contributed by atoms with Crippen LogP contribution in [0.3, 0.4) is 0 Å². The molecule has 0 bridgehead atoms. The van der Waals surface area contributed by atoms with Gasteiger partial charge in [-0.1, -0.05) is 31.5 Å². The van der Waals surface area contributed by atoms with E-state index < -0.39 is 0 Å². The van der Waals surface area contributed by atoms with Gasteiger partial charge in [-0.2, -0.15) is 0 Å². The number of rotatable bonds is 6. The molecule has 4 heteroatoms. The minimum Gasteiger partial charge on any atom is -0.381 e. The molecule has 1 aromatic rings. The molecule has 0 aliphatic carbocycles. The van der Waals surface area contributed by atoms with Gasteiger partial charge in [-0.15, -0.1) is 0 Å². The van der Waals surface area contributed by atoms with Gasteiger partial charge in [0.15, 0.2) is 0 Å². The van der Waals surface area contributed by atoms with E-state index in [9.17, 15) is 0 Å². The molecule has 0 saturated carbocycles. The van der Waals surface area contributed by atoms with Crippen LogP contribution in [-0.4, -0.2) is 32.8 Å². The van der Waals surface area contributed by atoms with Crippen molar-refractivity contribution in [2.45, 2.75) is 39.3 Å². The summed E-state index contributed by atoms with van der Waals surface area (Å²) in [6, 6.07) is 6.84. The maximum absolute atomic E-state index is 6.46. The van der Waals surface area contributed by atoms with Gasteiger partial charge in [-0.3, -0.25) is 0 Å². The maximum atomic E-state index is 6.46. The number of nitrogens with zero attached hydrogens (tertiary/aromatic N) is 1. The molecule has 2 rings (SSSR count). The molecule has 0 spiro atoms. The predicted octanol–water partition coefficient (Wildman–Crippen LogP) is 3.70. The lowest BCUT2D eigenvalue weighted by Crippen LogP contribution is -2.31. The second-order valence-electron chi connectivity index (χ2n) is 6.29. The highest BCUT2D eigenvalue weighted by molar-refractivity contribution is 6.33. The maximum Gasteiger partial charge on any atom is 0.0642 e. The highest BCUT2D eigenvalue weighted by Crippen LogP contribution is 2.27. The topological polar surface area (TPSA) is 24.5 Å². The van der Waals surface area contributed by atoms with Crippen LogP contribution in [0.5, 0.6) is 0 Å². The van der Waals surface area contributed by atoms with Crippen LogP contribution in [0.15, 0.2) is 18.2 Å². The lowest BCUT2D eigenvalue weighted by Gasteiger charge is -2.29. The van der Waals surface area contributed by atoms with Gasteiger partial charge in [0.2, 0.25) is 0 Å². The Morgan fingerprint density at radius 2 is 2.24 bits per heavy atom. The van der Waals surface area contributed by atoms with Crippen LogP contribution in [0.1, 0.15) is 32.3 Å². The van der Waals surface area contributed by atoms with E-state index in [-0.39, 0.29) is 0 Å². The molecule has 1 N–H and O–H groups in total. The van der Waals surface area contributed by atoms with Crippen molar-refractivity contribution in [2.75, 3.05) is 31.7 Å². The fourth-order valence-electron chi connectivity index (χ4n) is 2.73. The van der Waals surface area contributed by atoms with E-state index >= 15 is 0 Å². The standard InChI is InChI=1S/C17H27ClN2O/c1-13(2)19-10-14-6-7-17(16(18)9-14)20(3)11-15-5-4-8-21-12-15/h6-7,9,13,15,19H,4-5,8,10-12H2,1-3H3. The summed E-state index contributed by atoms with van der Waals surface area (Å²) in [5.41, 5.74) is 2.34. The molecule has 1 saturated heterocycles. The van der Waals surface area contributed by atoms with E-state index in [1.54, 1.807) is 0 Å². The third-order valence-electron chi connectivity index (χ3n) is 3.92. The van der Waals surface area contributed by atoms with Gasteiger partial charge in [0.25, 0.3) is 0 Å². The van der Waals surface area contributed by atoms with Crippen LogP contribution in [0.2, 0.25) is 5.02 Å². The second-order valence-corrected chi connectivity index (χ2v) is 6.69. The molecule has 1 unspecified atom stereocenters. The third kappa shape index (κ3) is 5.17. The lowest BCUT2D eigenvalue weighted by atomic mass is 10.0. The molecule has 118 valence electrons. The smallest absolute Gasteiger partial charge is 0.0642 e. The monoisotopic (exact) mass is 310 g/mol. The van der Waals surface area contributed by atoms with Gasteiger partial charge in [0.1, 0.15) is 0 Å². The number of hydrogen-bond acceptors (Lipinski definition) is 3. The van der Waals surface area contributed by atoms with Crippen LogP contribution in [0.4, 0.5) is 5.69 Å². The van der Waals surface area contributed by atoms with E-state index in [4.69, 9.17) is 16.3 Å². The van der Waals surface area contributed by atoms with Crippen molar-refractivity contribution in [2.24, 2.45) is 5.92 Å². The summed E-state index contributed by atoms with van der Waals surface area (Å²) in [5.74, 6) is 0.613. The Balaban J connectivity index is 1.95. The van der Waals surface area contributed by atoms with Crippen LogP contribution in [-0.2, 0) is 11.3 Å². The molecule has 21 heavy (non-hydrogen) atoms. The van der Waals surface area contributed by atoms with E-state index in [0.29, 0.717) is 12.0 Å². The van der Waals surface area contributed by atoms with Crippen LogP contribution in [0, 0.1) is 5.92 Å². The molecule has 1 aliphatic heterocycles. The van der Waals surface area contributed by atoms with Gasteiger partial charge < -0.3 is 15.0 Å². The van der Waals surface area contributed by atoms with Crippen molar-refractivity contribution >= 4 is 17.3 Å². The van der Waals surface area contributed by atoms with Crippen molar-refractivity contribution < 1.29 is 4.74 Å². The summed E-state index contributed by atoms with van der Waals surface area (Å²) in [5, 5.41) is 4.25. The first-order valence-electron chi connectivity index (χ1n) is 7.87. The molecule has 1 fully saturated rings. The summed E-state index contributed by atoms with van der Waals surface area (Å²) < 4.78 is 5.55. The lowest BCUT2D eigenvalue weighted by molar-refractivity contribution is 0.0576. The van der Waals surface area contributed by atoms with Crippen molar-refractivity contribution in [1.82, 2.24) is 5.32 Å². The predicted molar refractivity (Wildman–Crippen MR) is 90.2 cm³/mol. The summed E-state index contributed by atoms with van der Waals surface area (Å²) in [6.07, 6.45) is 2.42. The average molecular weight is 311 g/mol. The van der Waals surface area contributed by atoms with E-state index in [1.807, 2.05) is 0 Å². The van der Waals surface area contributed by atoms with Crippen molar-refractivity contribution in [3.05, 3.63) is 28.8 Å². The van der Waals surface area contributed by atoms with Crippen molar-refractivity contribution in [1.29, 1.82) is 0 Å². The molecule has 3 nitrogen and oxygen atoms in total. The number of ether oxygens (including phenoxy) is 1. The normalized spacial score (nSPS) is 19.0. The molecule has 0 aromatic heterocycles. The Labute approximate surface area is 133 Å². The first kappa shape index (κ1) is 16.6. The Morgan fingerprint density at radius 1 is 1.43 bits per heavy atom. The van der Waals surface area contributed by atoms with E-state index in [0.717, 1.165) is 37.0 Å². The zero-order valence-electron chi connectivity index (χ0n) is 13.4. The molecule has 0 amide bonds. The minimum atomic E-state index is 0.484. The quantitative estimate of drug-likeness (QED) is 0.867. The summed E-state index contributed by atoms with van der Waals surface area (Å²) >= 11 is 6.46. The summed E-state index contributed by atoms with van der Waals surface area (Å²) in [7, 11) is 2.11. The number of nitrogens with one attached hydrogen (secondary N) is 1. The number of halogens is 1. The first-order valence-corrected chi connectivity index (χ1v) is 8.24. The van der Waals surface area contributed by atoms with Gasteiger partial charge in [-0.05, 0) is 36.5 Å². The molecular weight excluding hydrogens is 284 g/mol. The third-order valence-corrected chi connectivity index (χ3v) is 4.23. The molecule has 1 aromatic carbocycles. The van der Waals surface area contributed by atoms with Gasteiger partial charge >= 0.3 is 0 Å². The van der Waals surface area contributed by atoms with Crippen molar-refractivity contribution in [3.8, 4) is 0 Å². The van der Waals surface area contributed by atoms with Crippen LogP contribution in [0.25, 0.3) is 0 Å². The van der Waals surface area contributed by atoms with Gasteiger partial charge in [0.05, 0.1) is 17.3 Å². The first-order chi connectivity index (χ1) is 10.1. The SMILES string of the molecule is CC(C)NCc1ccc(N(C)CC2CCCOC2)c(Cl)c1. The average Bonchev–Trinajstić information content (AvgIpc) is 2.46. The highest BCUT2D eigenvalue weighted by atomic mass is 35.5. The van der Waals surface area contributed by atoms with E-state index in [2.05, 4.69) is 49.3 Å². The Kier molecular flexibility index (Phi) is 6.34. The largest absolute Gasteiger partial charge is 0.381 e. The Hall–Kier alpha value is -0.770. The number of benzene rings is 1. The second kappa shape index (κ2) is 8.02. The molecule has 1 heterocycles. The van der Waals surface area contributed by atoms with Gasteiger partial charge in [0, 0.05) is 32.8 Å². The van der Waals surface area contributed by atoms with Crippen LogP contribution >= 0.6 is 11.6 Å². The summed E-state index contributed by atoms with van der Waals surface area (Å²) in [6.45, 7) is 7.95. The molecule has 1 atom stereocenters. The molecular formula is C17H27ClN2O. The minimum absolute atomic E-state index is 0.484. The summed E-state index contributed by atoms with van der Waals surface area (Å²) in [4.78, 5) is 2.25. The Morgan fingerprint density at radius 3 is 2.86 bits per heavy atom. The van der Waals surface area contributed by atoms with Gasteiger partial charge in [-0.25, -0.2) is 0 Å². The molecule has 1 aliphatic rings. The van der Waals surface area contributed by atoms with Crippen LogP contribution < -0.4 is 10.2 Å². The van der Waals surface area contributed by atoms with E-state index in [1.165, 1.54) is 18.4 Å². The number of anilines is 1. The number of hydrogen-bond donors (Lipinski definition) is 1. The Bertz CT molecular complexity index is 444. The highest BCUT2D eigenvalue weighted by Gasteiger charge is 2.17. The van der Waals surface area contributed by atoms with Crippen molar-refractivity contribution in [3.63, 3.8) is 0 Å².